The molecule has 3 aromatic rings. The minimum atomic E-state index is -4.05. The maximum Gasteiger partial charge on any atom is 0.322 e. The maximum atomic E-state index is 12.8. The summed E-state index contributed by atoms with van der Waals surface area (Å²) in [6, 6.07) is 12.2. The van der Waals surface area contributed by atoms with Crippen LogP contribution in [0.5, 0.6) is 5.75 Å². The average molecular weight is 559 g/mol. The number of ether oxygens (including phenoxy) is 1. The first-order valence-electron chi connectivity index (χ1n) is 11.5. The molecular formula is C25H26N4O5S3. The number of sulfonamides is 1. The monoisotopic (exact) mass is 558 g/mol. The summed E-state index contributed by atoms with van der Waals surface area (Å²) in [5, 5.41) is 18.8. The van der Waals surface area contributed by atoms with E-state index in [0.717, 1.165) is 52.3 Å². The standard InChI is InChI=1S/C25H26N4O5S3/c1-34-20-11-7-18(8-12-20)19-9-13-21(14-10-19)37(32,33)28-22(23(30)31)6-2-5-17-35-25-27-26-24(36-25)29-15-3-4-16-29/h7-14,22,28H,3-4,6,15-17H2,1H3,(H,30,31). The van der Waals surface area contributed by atoms with Gasteiger partial charge >= 0.3 is 5.97 Å². The SMILES string of the molecule is COc1ccc(-c2ccc(S(=O)(=O)NC(CC#CCSc3nnc(N4CCCC4)s3)C(=O)O)cc2)cc1. The summed E-state index contributed by atoms with van der Waals surface area (Å²) in [6.07, 6.45) is 2.17. The van der Waals surface area contributed by atoms with Crippen LogP contribution >= 0.6 is 23.1 Å². The number of rotatable bonds is 10. The van der Waals surface area contributed by atoms with Crippen LogP contribution < -0.4 is 14.4 Å². The molecule has 0 saturated carbocycles. The van der Waals surface area contributed by atoms with Crippen LogP contribution in [-0.2, 0) is 14.8 Å². The van der Waals surface area contributed by atoms with E-state index in [9.17, 15) is 18.3 Å². The van der Waals surface area contributed by atoms with Crippen LogP contribution in [0.3, 0.4) is 0 Å². The van der Waals surface area contributed by atoms with Gasteiger partial charge in [0.1, 0.15) is 11.8 Å². The van der Waals surface area contributed by atoms with Crippen molar-refractivity contribution < 1.29 is 23.1 Å². The van der Waals surface area contributed by atoms with E-state index in [1.165, 1.54) is 35.2 Å². The molecule has 0 amide bonds. The summed E-state index contributed by atoms with van der Waals surface area (Å²) in [5.74, 6) is 5.49. The highest BCUT2D eigenvalue weighted by Crippen LogP contribution is 2.29. The Bertz CT molecular complexity index is 1370. The maximum absolute atomic E-state index is 12.8. The third-order valence-electron chi connectivity index (χ3n) is 5.65. The number of anilines is 1. The molecule has 0 spiro atoms. The molecule has 1 aromatic heterocycles. The summed E-state index contributed by atoms with van der Waals surface area (Å²) in [5.41, 5.74) is 1.72. The van der Waals surface area contributed by atoms with E-state index in [4.69, 9.17) is 4.74 Å². The third-order valence-corrected chi connectivity index (χ3v) is 9.14. The van der Waals surface area contributed by atoms with Crippen LogP contribution in [-0.4, -0.2) is 61.7 Å². The molecule has 0 bridgehead atoms. The van der Waals surface area contributed by atoms with Crippen molar-refractivity contribution in [3.8, 4) is 28.7 Å². The molecule has 4 rings (SSSR count). The van der Waals surface area contributed by atoms with Gasteiger partial charge in [0.15, 0.2) is 4.34 Å². The van der Waals surface area contributed by atoms with Crippen molar-refractivity contribution in [2.24, 2.45) is 0 Å². The fraction of sp³-hybridized carbons (Fsp3) is 0.320. The Kier molecular flexibility index (Phi) is 9.04. The van der Waals surface area contributed by atoms with Crippen LogP contribution in [0.25, 0.3) is 11.1 Å². The summed E-state index contributed by atoms with van der Waals surface area (Å²) >= 11 is 2.94. The molecule has 2 N–H and O–H groups in total. The lowest BCUT2D eigenvalue weighted by molar-refractivity contribution is -0.138. The molecule has 12 heteroatoms. The molecule has 1 fully saturated rings. The van der Waals surface area contributed by atoms with Crippen LogP contribution in [0.1, 0.15) is 19.3 Å². The molecular weight excluding hydrogens is 532 g/mol. The number of carboxylic acid groups (broad SMARTS) is 1. The fourth-order valence-corrected chi connectivity index (χ4v) is 6.52. The van der Waals surface area contributed by atoms with E-state index < -0.39 is 22.0 Å². The zero-order valence-electron chi connectivity index (χ0n) is 20.1. The van der Waals surface area contributed by atoms with Crippen molar-refractivity contribution in [2.45, 2.75) is 34.5 Å². The van der Waals surface area contributed by atoms with E-state index in [-0.39, 0.29) is 11.3 Å². The zero-order chi connectivity index (χ0) is 26.3. The molecule has 1 atom stereocenters. The predicted octanol–water partition coefficient (Wildman–Crippen LogP) is 3.73. The highest BCUT2D eigenvalue weighted by atomic mass is 32.2. The minimum Gasteiger partial charge on any atom is -0.497 e. The summed E-state index contributed by atoms with van der Waals surface area (Å²) < 4.78 is 33.8. The van der Waals surface area contributed by atoms with Crippen LogP contribution in [0.15, 0.2) is 57.8 Å². The summed E-state index contributed by atoms with van der Waals surface area (Å²) in [7, 11) is -2.47. The number of carboxylic acids is 1. The predicted molar refractivity (Wildman–Crippen MR) is 145 cm³/mol. The first kappa shape index (κ1) is 26.9. The Morgan fingerprint density at radius 3 is 2.38 bits per heavy atom. The Hall–Kier alpha value is -3.11. The number of hydrogen-bond donors (Lipinski definition) is 2. The second-order valence-corrected chi connectivity index (χ2v) is 12.0. The lowest BCUT2D eigenvalue weighted by Gasteiger charge is -2.13. The number of nitrogens with zero attached hydrogens (tertiary/aromatic N) is 3. The highest BCUT2D eigenvalue weighted by Gasteiger charge is 2.25. The van der Waals surface area contributed by atoms with Crippen molar-refractivity contribution in [1.82, 2.24) is 14.9 Å². The number of thioether (sulfide) groups is 1. The van der Waals surface area contributed by atoms with Gasteiger partial charge in [-0.15, -0.1) is 16.1 Å². The van der Waals surface area contributed by atoms with Crippen LogP contribution in [0.4, 0.5) is 5.13 Å². The average Bonchev–Trinajstić information content (AvgIpc) is 3.60. The van der Waals surface area contributed by atoms with Crippen molar-refractivity contribution in [1.29, 1.82) is 0 Å². The van der Waals surface area contributed by atoms with Gasteiger partial charge in [-0.2, -0.15) is 4.72 Å². The van der Waals surface area contributed by atoms with E-state index >= 15 is 0 Å². The number of carbonyl (C=O) groups is 1. The molecule has 9 nitrogen and oxygen atoms in total. The molecule has 37 heavy (non-hydrogen) atoms. The molecule has 0 radical (unpaired) electrons. The van der Waals surface area contributed by atoms with Gasteiger partial charge in [0.25, 0.3) is 0 Å². The number of nitrogens with one attached hydrogen (secondary N) is 1. The molecule has 194 valence electrons. The molecule has 1 unspecified atom stereocenters. The first-order valence-corrected chi connectivity index (χ1v) is 14.8. The van der Waals surface area contributed by atoms with Gasteiger partial charge in [0.05, 0.1) is 17.8 Å². The van der Waals surface area contributed by atoms with Gasteiger partial charge in [-0.05, 0) is 48.2 Å². The van der Waals surface area contributed by atoms with Gasteiger partial charge in [0.2, 0.25) is 15.2 Å². The van der Waals surface area contributed by atoms with Gasteiger partial charge in [-0.3, -0.25) is 4.79 Å². The summed E-state index contributed by atoms with van der Waals surface area (Å²) in [4.78, 5) is 13.9. The number of hydrogen-bond acceptors (Lipinski definition) is 9. The largest absolute Gasteiger partial charge is 0.497 e. The quantitative estimate of drug-likeness (QED) is 0.283. The van der Waals surface area contributed by atoms with Gasteiger partial charge in [0, 0.05) is 19.5 Å². The van der Waals surface area contributed by atoms with Crippen molar-refractivity contribution in [2.75, 3.05) is 30.9 Å². The Morgan fingerprint density at radius 2 is 1.76 bits per heavy atom. The smallest absolute Gasteiger partial charge is 0.322 e. The van der Waals surface area contributed by atoms with Gasteiger partial charge in [-0.25, -0.2) is 8.42 Å². The molecule has 1 aliphatic heterocycles. The van der Waals surface area contributed by atoms with Crippen LogP contribution in [0, 0.1) is 11.8 Å². The second kappa shape index (κ2) is 12.4. The molecule has 2 heterocycles. The number of methoxy groups -OCH3 is 1. The normalized spacial score (nSPS) is 14.1. The van der Waals surface area contributed by atoms with E-state index in [2.05, 4.69) is 31.7 Å². The van der Waals surface area contributed by atoms with Crippen LogP contribution in [0.2, 0.25) is 0 Å². The van der Waals surface area contributed by atoms with Gasteiger partial charge in [-0.1, -0.05) is 53.3 Å². The number of aromatic nitrogens is 2. The topological polar surface area (TPSA) is 122 Å². The molecule has 1 aliphatic rings. The zero-order valence-corrected chi connectivity index (χ0v) is 22.5. The minimum absolute atomic E-state index is 0.0235. The van der Waals surface area contributed by atoms with Crippen molar-refractivity contribution >= 4 is 44.2 Å². The Balaban J connectivity index is 1.32. The Morgan fingerprint density at radius 1 is 1.11 bits per heavy atom. The molecule has 1 saturated heterocycles. The van der Waals surface area contributed by atoms with E-state index in [1.54, 1.807) is 19.2 Å². The van der Waals surface area contributed by atoms with Crippen molar-refractivity contribution in [3.05, 3.63) is 48.5 Å². The number of benzene rings is 2. The summed E-state index contributed by atoms with van der Waals surface area (Å²) in [6.45, 7) is 2.00. The van der Waals surface area contributed by atoms with E-state index in [0.29, 0.717) is 5.75 Å². The lowest BCUT2D eigenvalue weighted by Crippen LogP contribution is -2.40. The van der Waals surface area contributed by atoms with Crippen molar-refractivity contribution in [3.63, 3.8) is 0 Å². The lowest BCUT2D eigenvalue weighted by atomic mass is 10.1. The Labute approximate surface area is 224 Å². The van der Waals surface area contributed by atoms with Gasteiger partial charge < -0.3 is 14.7 Å². The molecule has 2 aromatic carbocycles. The fourth-order valence-electron chi connectivity index (χ4n) is 3.66. The highest BCUT2D eigenvalue weighted by molar-refractivity contribution is 8.01. The second-order valence-electron chi connectivity index (χ2n) is 8.16. The number of aliphatic carboxylic acids is 1. The first-order chi connectivity index (χ1) is 17.9. The molecule has 0 aliphatic carbocycles. The van der Waals surface area contributed by atoms with E-state index in [1.807, 2.05) is 24.3 Å². The third kappa shape index (κ3) is 7.23.